The third-order valence-electron chi connectivity index (χ3n) is 4.67. The van der Waals surface area contributed by atoms with Gasteiger partial charge in [0.2, 0.25) is 11.7 Å². The molecule has 2 aromatic rings. The molecule has 1 aliphatic carbocycles. The molecule has 1 aromatic carbocycles. The van der Waals surface area contributed by atoms with Gasteiger partial charge in [-0.15, -0.1) is 11.3 Å². The summed E-state index contributed by atoms with van der Waals surface area (Å²) in [5, 5.41) is 2.65. The minimum Gasteiger partial charge on any atom is -0.450 e. The Balaban J connectivity index is 1.64. The maximum absolute atomic E-state index is 12.5. The highest BCUT2D eigenvalue weighted by atomic mass is 32.1. The van der Waals surface area contributed by atoms with Gasteiger partial charge < -0.3 is 10.1 Å². The van der Waals surface area contributed by atoms with Crippen molar-refractivity contribution in [2.45, 2.75) is 46.1 Å². The molecule has 6 heteroatoms. The maximum atomic E-state index is 12.5. The fourth-order valence-corrected chi connectivity index (χ4v) is 4.33. The second kappa shape index (κ2) is 8.05. The number of nitrogens with one attached hydrogen (secondary N) is 1. The zero-order valence-corrected chi connectivity index (χ0v) is 16.5. The molecule has 5 nitrogen and oxygen atoms in total. The molecule has 1 aliphatic rings. The molecule has 1 N–H and O–H groups in total. The lowest BCUT2D eigenvalue weighted by atomic mass is 9.90. The van der Waals surface area contributed by atoms with Gasteiger partial charge in [-0.05, 0) is 68.0 Å². The predicted molar refractivity (Wildman–Crippen MR) is 105 cm³/mol. The molecule has 0 radical (unpaired) electrons. The summed E-state index contributed by atoms with van der Waals surface area (Å²) < 4.78 is 5.40. The highest BCUT2D eigenvalue weighted by Gasteiger charge is 2.24. The number of fused-ring (bicyclic) bond motifs is 1. The topological polar surface area (TPSA) is 72.5 Å². The van der Waals surface area contributed by atoms with Crippen LogP contribution < -0.4 is 5.32 Å². The molecule has 0 aliphatic heterocycles. The van der Waals surface area contributed by atoms with E-state index < -0.39 is 12.1 Å². The maximum Gasteiger partial charge on any atom is 0.349 e. The van der Waals surface area contributed by atoms with Crippen molar-refractivity contribution in [2.75, 3.05) is 5.32 Å². The number of aryl methyl sites for hydroxylation is 1. The first-order valence-corrected chi connectivity index (χ1v) is 9.89. The van der Waals surface area contributed by atoms with Gasteiger partial charge in [0.05, 0.1) is 0 Å². The third kappa shape index (κ3) is 4.63. The lowest BCUT2D eigenvalue weighted by Gasteiger charge is -2.16. The fraction of sp³-hybridized carbons (Fsp3) is 0.381. The van der Waals surface area contributed by atoms with Crippen LogP contribution in [0.3, 0.4) is 0 Å². The van der Waals surface area contributed by atoms with E-state index in [1.165, 1.54) is 28.7 Å². The lowest BCUT2D eigenvalue weighted by molar-refractivity contribution is -0.114. The molecular weight excluding hydrogens is 362 g/mol. The van der Waals surface area contributed by atoms with E-state index >= 15 is 0 Å². The van der Waals surface area contributed by atoms with Gasteiger partial charge in [0.25, 0.3) is 0 Å². The van der Waals surface area contributed by atoms with E-state index in [1.54, 1.807) is 31.2 Å². The summed E-state index contributed by atoms with van der Waals surface area (Å²) in [6.07, 6.45) is 2.27. The van der Waals surface area contributed by atoms with E-state index in [0.29, 0.717) is 22.0 Å². The molecule has 27 heavy (non-hydrogen) atoms. The van der Waals surface area contributed by atoms with Crippen molar-refractivity contribution < 1.29 is 19.1 Å². The highest BCUT2D eigenvalue weighted by Crippen LogP contribution is 2.32. The Labute approximate surface area is 162 Å². The molecule has 0 saturated carbocycles. The first-order chi connectivity index (χ1) is 12.8. The number of esters is 1. The average Bonchev–Trinajstić information content (AvgIpc) is 3.04. The molecule has 0 bridgehead atoms. The van der Waals surface area contributed by atoms with Gasteiger partial charge in [0, 0.05) is 23.1 Å². The van der Waals surface area contributed by atoms with Gasteiger partial charge >= 0.3 is 5.97 Å². The van der Waals surface area contributed by atoms with Crippen LogP contribution in [0.2, 0.25) is 0 Å². The number of rotatable bonds is 5. The molecule has 1 aromatic heterocycles. The van der Waals surface area contributed by atoms with Crippen LogP contribution in [0.25, 0.3) is 0 Å². The lowest BCUT2D eigenvalue weighted by Crippen LogP contribution is -2.24. The van der Waals surface area contributed by atoms with Gasteiger partial charge in [0.15, 0.2) is 6.10 Å². The van der Waals surface area contributed by atoms with Gasteiger partial charge in [-0.2, -0.15) is 0 Å². The summed E-state index contributed by atoms with van der Waals surface area (Å²) in [7, 11) is 0. The van der Waals surface area contributed by atoms with Gasteiger partial charge in [-0.1, -0.05) is 6.92 Å². The molecule has 0 fully saturated rings. The number of anilines is 1. The first-order valence-electron chi connectivity index (χ1n) is 9.08. The van der Waals surface area contributed by atoms with Crippen molar-refractivity contribution in [3.63, 3.8) is 0 Å². The normalized spacial score (nSPS) is 16.9. The van der Waals surface area contributed by atoms with Crippen LogP contribution in [0.1, 0.15) is 57.7 Å². The van der Waals surface area contributed by atoms with Crippen LogP contribution in [-0.4, -0.2) is 23.8 Å². The van der Waals surface area contributed by atoms with Crippen LogP contribution in [0.4, 0.5) is 5.69 Å². The number of thiophene rings is 1. The molecule has 2 atom stereocenters. The Bertz CT molecular complexity index is 869. The summed E-state index contributed by atoms with van der Waals surface area (Å²) in [4.78, 5) is 37.8. The molecule has 0 saturated heterocycles. The summed E-state index contributed by atoms with van der Waals surface area (Å²) in [6.45, 7) is 5.22. The van der Waals surface area contributed by atoms with Crippen LogP contribution in [-0.2, 0) is 22.4 Å². The van der Waals surface area contributed by atoms with E-state index in [-0.39, 0.29) is 11.7 Å². The minimum atomic E-state index is -0.873. The number of ketones is 1. The Morgan fingerprint density at radius 1 is 1.22 bits per heavy atom. The van der Waals surface area contributed by atoms with Crippen molar-refractivity contribution in [2.24, 2.45) is 5.92 Å². The predicted octanol–water partition coefficient (Wildman–Crippen LogP) is 4.26. The van der Waals surface area contributed by atoms with Crippen LogP contribution in [0.5, 0.6) is 0 Å². The number of amides is 1. The number of carbonyl (C=O) groups excluding carboxylic acids is 3. The smallest absolute Gasteiger partial charge is 0.349 e. The third-order valence-corrected chi connectivity index (χ3v) is 5.89. The number of ether oxygens (including phenoxy) is 1. The Morgan fingerprint density at radius 3 is 2.59 bits per heavy atom. The number of hydrogen-bond donors (Lipinski definition) is 1. The summed E-state index contributed by atoms with van der Waals surface area (Å²) in [5.74, 6) is -0.258. The summed E-state index contributed by atoms with van der Waals surface area (Å²) >= 11 is 1.48. The highest BCUT2D eigenvalue weighted by molar-refractivity contribution is 7.14. The van der Waals surface area contributed by atoms with E-state index in [4.69, 9.17) is 4.74 Å². The molecule has 3 rings (SSSR count). The van der Waals surface area contributed by atoms with Crippen molar-refractivity contribution in [1.29, 1.82) is 0 Å². The summed E-state index contributed by atoms with van der Waals surface area (Å²) in [6, 6.07) is 8.44. The van der Waals surface area contributed by atoms with Gasteiger partial charge in [-0.25, -0.2) is 4.79 Å². The van der Waals surface area contributed by atoms with Crippen molar-refractivity contribution in [3.05, 3.63) is 51.2 Å². The molecule has 142 valence electrons. The van der Waals surface area contributed by atoms with E-state index in [2.05, 4.69) is 12.2 Å². The van der Waals surface area contributed by atoms with Crippen LogP contribution >= 0.6 is 11.3 Å². The Kier molecular flexibility index (Phi) is 5.75. The molecule has 0 unspecified atom stereocenters. The standard InChI is InChI=1S/C21H23NO4S/c1-12-4-9-18-16(10-12)11-19(27-18)21(25)26-13(2)20(24)15-5-7-17(8-6-15)22-14(3)23/h5-8,11-13H,4,9-10H2,1-3H3,(H,22,23)/t12-,13+/m0/s1. The SMILES string of the molecule is CC(=O)Nc1ccc(C(=O)[C@@H](C)OC(=O)c2cc3c(s2)CC[C@H](C)C3)cc1. The molecule has 1 amide bonds. The second-order valence-electron chi connectivity index (χ2n) is 7.08. The summed E-state index contributed by atoms with van der Waals surface area (Å²) in [5.41, 5.74) is 2.28. The van der Waals surface area contributed by atoms with Gasteiger partial charge in [-0.3, -0.25) is 9.59 Å². The average molecular weight is 385 g/mol. The molecule has 1 heterocycles. The van der Waals surface area contributed by atoms with Crippen molar-refractivity contribution >= 4 is 34.7 Å². The zero-order valence-electron chi connectivity index (χ0n) is 15.7. The Hall–Kier alpha value is -2.47. The van der Waals surface area contributed by atoms with Crippen molar-refractivity contribution in [3.8, 4) is 0 Å². The first kappa shape index (κ1) is 19.3. The van der Waals surface area contributed by atoms with E-state index in [0.717, 1.165) is 19.3 Å². The van der Waals surface area contributed by atoms with E-state index in [9.17, 15) is 14.4 Å². The van der Waals surface area contributed by atoms with E-state index in [1.807, 2.05) is 6.07 Å². The number of hydrogen-bond acceptors (Lipinski definition) is 5. The fourth-order valence-electron chi connectivity index (χ4n) is 3.23. The van der Waals surface area contributed by atoms with Gasteiger partial charge in [0.1, 0.15) is 4.88 Å². The second-order valence-corrected chi connectivity index (χ2v) is 8.21. The minimum absolute atomic E-state index is 0.176. The zero-order chi connectivity index (χ0) is 19.6. The van der Waals surface area contributed by atoms with Crippen molar-refractivity contribution in [1.82, 2.24) is 0 Å². The Morgan fingerprint density at radius 2 is 1.93 bits per heavy atom. The quantitative estimate of drug-likeness (QED) is 0.617. The monoisotopic (exact) mass is 385 g/mol. The number of carbonyl (C=O) groups is 3. The molecule has 0 spiro atoms. The largest absolute Gasteiger partial charge is 0.450 e. The number of benzene rings is 1. The van der Waals surface area contributed by atoms with Crippen LogP contribution in [0.15, 0.2) is 30.3 Å². The number of Topliss-reactive ketones (excluding diaryl/α,β-unsaturated/α-hetero) is 1. The van der Waals surface area contributed by atoms with Crippen LogP contribution in [0, 0.1) is 5.92 Å². The molecular formula is C21H23NO4S.